The Bertz CT molecular complexity index is 182. The highest BCUT2D eigenvalue weighted by molar-refractivity contribution is 5.73. The fourth-order valence-corrected chi connectivity index (χ4v) is 1.11. The number of nitrogens with zero attached hydrogens (tertiary/aromatic N) is 1. The summed E-state index contributed by atoms with van der Waals surface area (Å²) in [5.74, 6) is 0.826. The van der Waals surface area contributed by atoms with Crippen molar-refractivity contribution in [3.63, 3.8) is 0 Å². The summed E-state index contributed by atoms with van der Waals surface area (Å²) in [4.78, 5) is 0. The van der Waals surface area contributed by atoms with Crippen molar-refractivity contribution >= 4 is 5.96 Å². The topological polar surface area (TPSA) is 41.1 Å². The van der Waals surface area contributed by atoms with Crippen molar-refractivity contribution in [1.29, 1.82) is 0 Å². The normalized spacial score (nSPS) is 21.6. The fourth-order valence-electron chi connectivity index (χ4n) is 1.11. The molecule has 12 heavy (non-hydrogen) atoms. The van der Waals surface area contributed by atoms with Gasteiger partial charge in [-0.1, -0.05) is 6.92 Å². The average molecular weight is 170 g/mol. The van der Waals surface area contributed by atoms with E-state index < -0.39 is 0 Å². The molecule has 70 valence electrons. The monoisotopic (exact) mass is 170 g/mol. The van der Waals surface area contributed by atoms with Crippen LogP contribution in [0.5, 0.6) is 0 Å². The standard InChI is InChI=1S/C9H19N3/c1-4-7(2)11-9(10)12(3)8-5-6-8/h7-8H,4-6H2,1-3H3,(H2,10,11)/p+1. The van der Waals surface area contributed by atoms with Crippen molar-refractivity contribution in [1.82, 2.24) is 5.32 Å². The second-order valence-corrected chi connectivity index (χ2v) is 3.68. The van der Waals surface area contributed by atoms with Gasteiger partial charge in [-0.05, 0) is 26.2 Å². The number of nitrogens with one attached hydrogen (secondary N) is 1. The van der Waals surface area contributed by atoms with Crippen LogP contribution in [0.4, 0.5) is 0 Å². The molecule has 1 atom stereocenters. The summed E-state index contributed by atoms with van der Waals surface area (Å²) in [6, 6.07) is 1.17. The second-order valence-electron chi connectivity index (χ2n) is 3.68. The van der Waals surface area contributed by atoms with Crippen molar-refractivity contribution in [2.75, 3.05) is 7.05 Å². The van der Waals surface area contributed by atoms with Gasteiger partial charge in [0.05, 0.1) is 19.1 Å². The number of nitrogens with two attached hydrogens (primary N) is 1. The molecule has 0 radical (unpaired) electrons. The number of hydrogen-bond acceptors (Lipinski definition) is 0. The Morgan fingerprint density at radius 3 is 2.67 bits per heavy atom. The van der Waals surface area contributed by atoms with Crippen LogP contribution in [0.25, 0.3) is 0 Å². The van der Waals surface area contributed by atoms with Crippen molar-refractivity contribution in [2.24, 2.45) is 5.73 Å². The van der Waals surface area contributed by atoms with E-state index in [1.807, 2.05) is 0 Å². The van der Waals surface area contributed by atoms with Crippen LogP contribution in [0.3, 0.4) is 0 Å². The third-order valence-corrected chi connectivity index (χ3v) is 2.48. The highest BCUT2D eigenvalue weighted by Crippen LogP contribution is 2.21. The van der Waals surface area contributed by atoms with Crippen LogP contribution >= 0.6 is 0 Å². The number of guanidine groups is 1. The van der Waals surface area contributed by atoms with Gasteiger partial charge in [0.1, 0.15) is 0 Å². The molecule has 3 nitrogen and oxygen atoms in total. The van der Waals surface area contributed by atoms with E-state index in [0.717, 1.165) is 12.4 Å². The first-order chi connectivity index (χ1) is 5.65. The minimum atomic E-state index is 0.478. The van der Waals surface area contributed by atoms with Crippen LogP contribution in [-0.4, -0.2) is 29.7 Å². The molecule has 3 N–H and O–H groups in total. The molecule has 3 heteroatoms. The lowest BCUT2D eigenvalue weighted by atomic mass is 10.3. The summed E-state index contributed by atoms with van der Waals surface area (Å²) in [7, 11) is 2.06. The molecule has 1 saturated carbocycles. The molecule has 1 rings (SSSR count). The van der Waals surface area contributed by atoms with Gasteiger partial charge in [-0.25, -0.2) is 0 Å². The Kier molecular flexibility index (Phi) is 2.95. The van der Waals surface area contributed by atoms with Gasteiger partial charge in [0, 0.05) is 0 Å². The maximum absolute atomic E-state index is 5.87. The van der Waals surface area contributed by atoms with Crippen LogP contribution in [0.1, 0.15) is 33.1 Å². The van der Waals surface area contributed by atoms with Crippen LogP contribution in [0.2, 0.25) is 0 Å². The van der Waals surface area contributed by atoms with Crippen molar-refractivity contribution in [2.45, 2.75) is 45.2 Å². The van der Waals surface area contributed by atoms with Crippen molar-refractivity contribution < 1.29 is 4.58 Å². The molecule has 1 unspecified atom stereocenters. The third-order valence-electron chi connectivity index (χ3n) is 2.48. The largest absolute Gasteiger partial charge is 0.343 e. The predicted octanol–water partition coefficient (Wildman–Crippen LogP) is 0.494. The zero-order valence-electron chi connectivity index (χ0n) is 8.30. The first-order valence-electron chi connectivity index (χ1n) is 4.77. The molecule has 0 spiro atoms. The SMILES string of the molecule is CCC(C)NC(N)=[N+](C)C1CC1. The molecule has 0 aromatic carbocycles. The van der Waals surface area contributed by atoms with E-state index in [2.05, 4.69) is 30.8 Å². The Labute approximate surface area is 74.6 Å². The predicted molar refractivity (Wildman–Crippen MR) is 51.3 cm³/mol. The van der Waals surface area contributed by atoms with Gasteiger partial charge in [0.2, 0.25) is 0 Å². The number of hydrogen-bond donors (Lipinski definition) is 2. The van der Waals surface area contributed by atoms with Gasteiger partial charge in [0.15, 0.2) is 0 Å². The van der Waals surface area contributed by atoms with E-state index in [1.54, 1.807) is 0 Å². The minimum Gasteiger partial charge on any atom is -0.291 e. The quantitative estimate of drug-likeness (QED) is 0.368. The average Bonchev–Trinajstić information content (AvgIpc) is 2.85. The Balaban J connectivity index is 2.43. The highest BCUT2D eigenvalue weighted by atomic mass is 15.2. The summed E-state index contributed by atoms with van der Waals surface area (Å²) in [6.07, 6.45) is 3.69. The first kappa shape index (κ1) is 9.36. The Hall–Kier alpha value is -0.730. The van der Waals surface area contributed by atoms with Gasteiger partial charge >= 0.3 is 5.96 Å². The van der Waals surface area contributed by atoms with Gasteiger partial charge in [-0.2, -0.15) is 0 Å². The molecule has 0 amide bonds. The zero-order valence-corrected chi connectivity index (χ0v) is 8.30. The summed E-state index contributed by atoms with van der Waals surface area (Å²) < 4.78 is 2.14. The lowest BCUT2D eigenvalue weighted by Crippen LogP contribution is -2.44. The smallest absolute Gasteiger partial charge is 0.291 e. The van der Waals surface area contributed by atoms with E-state index in [0.29, 0.717) is 12.1 Å². The lowest BCUT2D eigenvalue weighted by Gasteiger charge is -2.09. The maximum Gasteiger partial charge on any atom is 0.343 e. The van der Waals surface area contributed by atoms with Crippen LogP contribution in [0.15, 0.2) is 0 Å². The van der Waals surface area contributed by atoms with Gasteiger partial charge in [-0.3, -0.25) is 15.6 Å². The molecular formula is C9H20N3+. The fraction of sp³-hybridized carbons (Fsp3) is 0.889. The molecule has 1 aliphatic rings. The Morgan fingerprint density at radius 2 is 2.25 bits per heavy atom. The van der Waals surface area contributed by atoms with Crippen LogP contribution in [0, 0.1) is 0 Å². The number of rotatable bonds is 3. The van der Waals surface area contributed by atoms with E-state index in [9.17, 15) is 0 Å². The van der Waals surface area contributed by atoms with Crippen molar-refractivity contribution in [3.8, 4) is 0 Å². The summed E-state index contributed by atoms with van der Waals surface area (Å²) >= 11 is 0. The first-order valence-corrected chi connectivity index (χ1v) is 4.77. The molecule has 0 saturated heterocycles. The lowest BCUT2D eigenvalue weighted by molar-refractivity contribution is -0.515. The molecule has 0 bridgehead atoms. The van der Waals surface area contributed by atoms with E-state index in [1.165, 1.54) is 12.8 Å². The third kappa shape index (κ3) is 2.40. The van der Waals surface area contributed by atoms with Crippen LogP contribution in [-0.2, 0) is 0 Å². The molecule has 0 aromatic rings. The zero-order chi connectivity index (χ0) is 9.14. The summed E-state index contributed by atoms with van der Waals surface area (Å²) in [5.41, 5.74) is 5.87. The van der Waals surface area contributed by atoms with Gasteiger partial charge in [-0.15, -0.1) is 0 Å². The minimum absolute atomic E-state index is 0.478. The summed E-state index contributed by atoms with van der Waals surface area (Å²) in [6.45, 7) is 4.30. The highest BCUT2D eigenvalue weighted by Gasteiger charge is 2.28. The van der Waals surface area contributed by atoms with E-state index in [-0.39, 0.29) is 0 Å². The van der Waals surface area contributed by atoms with Gasteiger partial charge < -0.3 is 0 Å². The van der Waals surface area contributed by atoms with Crippen LogP contribution < -0.4 is 11.1 Å². The molecule has 1 aliphatic carbocycles. The maximum atomic E-state index is 5.87. The van der Waals surface area contributed by atoms with Gasteiger partial charge in [0.25, 0.3) is 0 Å². The molecule has 1 fully saturated rings. The summed E-state index contributed by atoms with van der Waals surface area (Å²) in [5, 5.41) is 3.27. The molecule has 0 aromatic heterocycles. The van der Waals surface area contributed by atoms with E-state index in [4.69, 9.17) is 5.73 Å². The second kappa shape index (κ2) is 3.78. The van der Waals surface area contributed by atoms with E-state index >= 15 is 0 Å². The van der Waals surface area contributed by atoms with Crippen molar-refractivity contribution in [3.05, 3.63) is 0 Å². The Morgan fingerprint density at radius 1 is 1.67 bits per heavy atom. The molecular weight excluding hydrogens is 150 g/mol. The molecule has 0 aliphatic heterocycles. The molecule has 0 heterocycles.